The topological polar surface area (TPSA) is 102 Å². The summed E-state index contributed by atoms with van der Waals surface area (Å²) in [7, 11) is 1.59. The highest BCUT2D eigenvalue weighted by molar-refractivity contribution is 5.95. The maximum absolute atomic E-state index is 16.1. The van der Waals surface area contributed by atoms with Crippen molar-refractivity contribution in [2.75, 3.05) is 30.8 Å². The number of benzene rings is 1. The van der Waals surface area contributed by atoms with Crippen molar-refractivity contribution in [3.63, 3.8) is 0 Å². The number of nitrogen functional groups attached to an aromatic ring is 1. The Hall–Kier alpha value is -4.21. The third-order valence-electron chi connectivity index (χ3n) is 6.28. The Morgan fingerprint density at radius 1 is 1.17 bits per heavy atom. The number of hydrogen-bond donors (Lipinski definition) is 1. The van der Waals surface area contributed by atoms with Crippen molar-refractivity contribution in [3.8, 4) is 17.1 Å². The maximum Gasteiger partial charge on any atom is 0.328 e. The van der Waals surface area contributed by atoms with Gasteiger partial charge in [0.05, 0.1) is 18.5 Å². The molecule has 1 aliphatic heterocycles. The first-order valence-corrected chi connectivity index (χ1v) is 11.4. The fourth-order valence-electron chi connectivity index (χ4n) is 4.47. The minimum absolute atomic E-state index is 0.123. The highest BCUT2D eigenvalue weighted by Crippen LogP contribution is 2.38. The van der Waals surface area contributed by atoms with Crippen molar-refractivity contribution in [1.82, 2.24) is 24.6 Å². The number of amides is 2. The number of aromatic nitrogens is 4. The SMILES string of the molecule is CCn1cc(C2C=CC=C(N3CCN(c4ccc(OC)cc4)C3=O)C2F)c(-c2ccnc(N)n2)n1. The Labute approximate surface area is 202 Å². The number of carbonyl (C=O) groups excluding carboxylic acids is 1. The van der Waals surface area contributed by atoms with Gasteiger partial charge in [-0.25, -0.2) is 19.2 Å². The Balaban J connectivity index is 1.42. The summed E-state index contributed by atoms with van der Waals surface area (Å²) in [6.45, 7) is 3.43. The molecule has 10 heteroatoms. The van der Waals surface area contributed by atoms with Crippen molar-refractivity contribution in [2.24, 2.45) is 0 Å². The summed E-state index contributed by atoms with van der Waals surface area (Å²) in [6.07, 6.45) is 7.20. The van der Waals surface area contributed by atoms with E-state index in [1.54, 1.807) is 59.3 Å². The van der Waals surface area contributed by atoms with Gasteiger partial charge in [0.1, 0.15) is 11.4 Å². The molecule has 9 nitrogen and oxygen atoms in total. The quantitative estimate of drug-likeness (QED) is 0.582. The number of nitrogens with zero attached hydrogens (tertiary/aromatic N) is 6. The zero-order chi connectivity index (χ0) is 24.5. The van der Waals surface area contributed by atoms with E-state index >= 15 is 4.39 Å². The van der Waals surface area contributed by atoms with Crippen LogP contribution in [-0.2, 0) is 6.54 Å². The fourth-order valence-corrected chi connectivity index (χ4v) is 4.47. The molecule has 35 heavy (non-hydrogen) atoms. The molecular weight excluding hydrogens is 449 g/mol. The van der Waals surface area contributed by atoms with Crippen molar-refractivity contribution >= 4 is 17.7 Å². The van der Waals surface area contributed by atoms with Gasteiger partial charge in [0.25, 0.3) is 0 Å². The van der Waals surface area contributed by atoms with Gasteiger partial charge in [0.2, 0.25) is 5.95 Å². The molecule has 0 saturated carbocycles. The number of alkyl halides is 1. The zero-order valence-electron chi connectivity index (χ0n) is 19.5. The second-order valence-corrected chi connectivity index (χ2v) is 8.28. The lowest BCUT2D eigenvalue weighted by Crippen LogP contribution is -2.36. The molecule has 1 aromatic carbocycles. The number of halogens is 1. The second kappa shape index (κ2) is 9.21. The number of anilines is 2. The van der Waals surface area contributed by atoms with E-state index in [0.29, 0.717) is 48.0 Å². The molecule has 1 aliphatic carbocycles. The number of methoxy groups -OCH3 is 1. The first-order chi connectivity index (χ1) is 17.0. The Morgan fingerprint density at radius 2 is 1.94 bits per heavy atom. The van der Waals surface area contributed by atoms with Crippen LogP contribution in [-0.4, -0.2) is 57.1 Å². The van der Waals surface area contributed by atoms with E-state index in [2.05, 4.69) is 15.1 Å². The number of carbonyl (C=O) groups is 1. The Bertz CT molecular complexity index is 1300. The average Bonchev–Trinajstić information content (AvgIpc) is 3.48. The molecule has 2 aromatic heterocycles. The molecule has 3 heterocycles. The minimum Gasteiger partial charge on any atom is -0.497 e. The van der Waals surface area contributed by atoms with Crippen molar-refractivity contribution in [2.45, 2.75) is 25.6 Å². The molecule has 2 atom stereocenters. The van der Waals surface area contributed by atoms with E-state index in [9.17, 15) is 4.79 Å². The van der Waals surface area contributed by atoms with Crippen LogP contribution in [0.2, 0.25) is 0 Å². The van der Waals surface area contributed by atoms with Gasteiger partial charge in [-0.2, -0.15) is 5.10 Å². The van der Waals surface area contributed by atoms with Crippen molar-refractivity contribution in [1.29, 1.82) is 0 Å². The van der Waals surface area contributed by atoms with Gasteiger partial charge in [-0.15, -0.1) is 0 Å². The van der Waals surface area contributed by atoms with E-state index in [-0.39, 0.29) is 12.0 Å². The van der Waals surface area contributed by atoms with Crippen molar-refractivity contribution < 1.29 is 13.9 Å². The Kier molecular flexibility index (Phi) is 5.94. The summed E-state index contributed by atoms with van der Waals surface area (Å²) in [4.78, 5) is 24.7. The van der Waals surface area contributed by atoms with Crippen LogP contribution < -0.4 is 15.4 Å². The standard InChI is InChI=1S/C25H26FN7O2/c1-3-31-15-19(23(30-31)20-11-12-28-24(27)29-20)18-5-4-6-21(22(18)26)33-14-13-32(25(33)34)16-7-9-17(35-2)10-8-16/h4-12,15,18,22H,3,13-14H2,1-2H3,(H2,27,28,29). The minimum atomic E-state index is -1.44. The molecule has 2 N–H and O–H groups in total. The molecule has 0 bridgehead atoms. The number of allylic oxidation sites excluding steroid dienone is 4. The second-order valence-electron chi connectivity index (χ2n) is 8.28. The van der Waals surface area contributed by atoms with Crippen LogP contribution in [0.5, 0.6) is 5.75 Å². The van der Waals surface area contributed by atoms with Crippen LogP contribution in [0.1, 0.15) is 18.4 Å². The third kappa shape index (κ3) is 4.11. The van der Waals surface area contributed by atoms with Gasteiger partial charge in [-0.1, -0.05) is 12.2 Å². The molecular formula is C25H26FN7O2. The summed E-state index contributed by atoms with van der Waals surface area (Å²) in [6, 6.07) is 8.69. The lowest BCUT2D eigenvalue weighted by atomic mass is 9.88. The molecule has 1 saturated heterocycles. The highest BCUT2D eigenvalue weighted by atomic mass is 19.1. The lowest BCUT2D eigenvalue weighted by molar-refractivity contribution is 0.217. The first kappa shape index (κ1) is 22.6. The largest absolute Gasteiger partial charge is 0.497 e. The van der Waals surface area contributed by atoms with Gasteiger partial charge in [-0.05, 0) is 43.3 Å². The predicted octanol–water partition coefficient (Wildman–Crippen LogP) is 3.77. The van der Waals surface area contributed by atoms with Gasteiger partial charge < -0.3 is 10.5 Å². The van der Waals surface area contributed by atoms with Gasteiger partial charge >= 0.3 is 6.03 Å². The van der Waals surface area contributed by atoms with E-state index in [1.807, 2.05) is 25.3 Å². The average molecular weight is 476 g/mol. The number of ether oxygens (including phenoxy) is 1. The molecule has 2 aliphatic rings. The van der Waals surface area contributed by atoms with Crippen LogP contribution in [0.3, 0.4) is 0 Å². The molecule has 180 valence electrons. The molecule has 5 rings (SSSR count). The third-order valence-corrected chi connectivity index (χ3v) is 6.28. The lowest BCUT2D eigenvalue weighted by Gasteiger charge is -2.29. The van der Waals surface area contributed by atoms with Gasteiger partial charge in [0, 0.05) is 49.2 Å². The number of nitrogens with two attached hydrogens (primary N) is 1. The van der Waals surface area contributed by atoms with Crippen LogP contribution in [0, 0.1) is 0 Å². The summed E-state index contributed by atoms with van der Waals surface area (Å²) in [5, 5.41) is 4.60. The molecule has 2 unspecified atom stereocenters. The number of aryl methyl sites for hydroxylation is 1. The molecule has 1 fully saturated rings. The Morgan fingerprint density at radius 3 is 2.66 bits per heavy atom. The summed E-state index contributed by atoms with van der Waals surface area (Å²) in [5.74, 6) is 0.194. The van der Waals surface area contributed by atoms with Gasteiger partial charge in [-0.3, -0.25) is 14.5 Å². The summed E-state index contributed by atoms with van der Waals surface area (Å²) >= 11 is 0. The fraction of sp³-hybridized carbons (Fsp3) is 0.280. The normalized spacial score (nSPS) is 19.9. The smallest absolute Gasteiger partial charge is 0.328 e. The van der Waals surface area contributed by atoms with Crippen LogP contribution >= 0.6 is 0 Å². The van der Waals surface area contributed by atoms with Crippen LogP contribution in [0.25, 0.3) is 11.4 Å². The van der Waals surface area contributed by atoms with Crippen LogP contribution in [0.15, 0.2) is 66.7 Å². The maximum atomic E-state index is 16.1. The molecule has 2 amide bonds. The molecule has 0 spiro atoms. The molecule has 0 radical (unpaired) electrons. The predicted molar refractivity (Wildman–Crippen MR) is 131 cm³/mol. The number of rotatable bonds is 6. The number of urea groups is 1. The van der Waals surface area contributed by atoms with Crippen molar-refractivity contribution in [3.05, 3.63) is 72.2 Å². The van der Waals surface area contributed by atoms with E-state index in [4.69, 9.17) is 10.5 Å². The van der Waals surface area contributed by atoms with Gasteiger partial charge in [0.15, 0.2) is 6.17 Å². The van der Waals surface area contributed by atoms with E-state index < -0.39 is 12.1 Å². The first-order valence-electron chi connectivity index (χ1n) is 11.4. The van der Waals surface area contributed by atoms with Crippen LogP contribution in [0.4, 0.5) is 20.8 Å². The monoisotopic (exact) mass is 475 g/mol. The zero-order valence-corrected chi connectivity index (χ0v) is 19.5. The summed E-state index contributed by atoms with van der Waals surface area (Å²) < 4.78 is 23.0. The summed E-state index contributed by atoms with van der Waals surface area (Å²) in [5.41, 5.74) is 8.60. The van der Waals surface area contributed by atoms with E-state index in [0.717, 1.165) is 5.69 Å². The molecule has 3 aromatic rings. The number of hydrogen-bond acceptors (Lipinski definition) is 6. The van der Waals surface area contributed by atoms with E-state index in [1.165, 1.54) is 4.90 Å². The highest BCUT2D eigenvalue weighted by Gasteiger charge is 2.39.